The van der Waals surface area contributed by atoms with Crippen molar-refractivity contribution in [2.24, 2.45) is 11.8 Å². The first-order chi connectivity index (χ1) is 18.4. The van der Waals surface area contributed by atoms with E-state index in [1.807, 2.05) is 67.2 Å². The first-order valence-corrected chi connectivity index (χ1v) is 15.1. The molecule has 2 aliphatic heterocycles. The fraction of sp³-hybridized carbons (Fsp3) is 0.900. The Morgan fingerprint density at radius 1 is 0.675 bits per heavy atom. The highest BCUT2D eigenvalue weighted by molar-refractivity contribution is 5.69. The molecule has 10 heteroatoms. The molecule has 0 aromatic carbocycles. The largest absolute Gasteiger partial charge is 0.444 e. The summed E-state index contributed by atoms with van der Waals surface area (Å²) >= 11 is 0. The lowest BCUT2D eigenvalue weighted by atomic mass is 9.96. The quantitative estimate of drug-likeness (QED) is 0.386. The summed E-state index contributed by atoms with van der Waals surface area (Å²) in [6, 6.07) is 0. The Balaban J connectivity index is 2.00. The van der Waals surface area contributed by atoms with Gasteiger partial charge in [-0.05, 0) is 119 Å². The first kappa shape index (κ1) is 34.0. The van der Waals surface area contributed by atoms with Gasteiger partial charge in [0.25, 0.3) is 0 Å². The second-order valence-electron chi connectivity index (χ2n) is 14.3. The maximum absolute atomic E-state index is 13.2. The molecule has 0 bridgehead atoms. The molecule has 3 amide bonds. The maximum atomic E-state index is 13.2. The molecule has 232 valence electrons. The fourth-order valence-corrected chi connectivity index (χ4v) is 4.93. The van der Waals surface area contributed by atoms with Crippen LogP contribution in [0.3, 0.4) is 0 Å². The number of rotatable bonds is 8. The molecule has 10 nitrogen and oxygen atoms in total. The number of carbonyl (C=O) groups excluding carboxylic acids is 3. The zero-order chi connectivity index (χ0) is 30.1. The monoisotopic (exact) mass is 568 g/mol. The highest BCUT2D eigenvalue weighted by Gasteiger charge is 2.31. The van der Waals surface area contributed by atoms with Crippen molar-refractivity contribution in [2.75, 3.05) is 52.4 Å². The molecule has 0 saturated carbocycles. The summed E-state index contributed by atoms with van der Waals surface area (Å²) in [6.45, 7) is 22.2. The Morgan fingerprint density at radius 2 is 1.07 bits per heavy atom. The van der Waals surface area contributed by atoms with Gasteiger partial charge in [-0.15, -0.1) is 0 Å². The van der Waals surface area contributed by atoms with E-state index in [2.05, 4.69) is 5.32 Å². The Hall–Kier alpha value is -2.23. The van der Waals surface area contributed by atoms with Crippen molar-refractivity contribution >= 4 is 18.3 Å². The van der Waals surface area contributed by atoms with Gasteiger partial charge in [-0.2, -0.15) is 0 Å². The highest BCUT2D eigenvalue weighted by Crippen LogP contribution is 2.23. The van der Waals surface area contributed by atoms with Gasteiger partial charge in [-0.25, -0.2) is 14.4 Å². The van der Waals surface area contributed by atoms with Gasteiger partial charge < -0.3 is 34.2 Å². The maximum Gasteiger partial charge on any atom is 0.410 e. The van der Waals surface area contributed by atoms with E-state index < -0.39 is 16.8 Å². The number of ether oxygens (including phenoxy) is 3. The molecule has 2 aliphatic rings. The van der Waals surface area contributed by atoms with Crippen LogP contribution in [0.25, 0.3) is 0 Å². The van der Waals surface area contributed by atoms with Gasteiger partial charge in [0.15, 0.2) is 0 Å². The van der Waals surface area contributed by atoms with Gasteiger partial charge in [0.2, 0.25) is 0 Å². The van der Waals surface area contributed by atoms with Crippen molar-refractivity contribution in [1.29, 1.82) is 0 Å². The van der Waals surface area contributed by atoms with Crippen LogP contribution in [0.5, 0.6) is 0 Å². The summed E-state index contributed by atoms with van der Waals surface area (Å²) in [5, 5.41) is 3.38. The average molecular weight is 569 g/mol. The number of nitrogens with one attached hydrogen (secondary N) is 1. The molecule has 0 unspecified atom stereocenters. The third-order valence-electron chi connectivity index (χ3n) is 6.84. The zero-order valence-corrected chi connectivity index (χ0v) is 26.6. The molecule has 0 atom stereocenters. The standard InChI is InChI=1S/C30H56N4O6/c1-28(2,3)38-25(35)32-19-13-24(14-20-32)22-34(27(37)40-30(7,8)9)18-10-17-33(26(36)39-29(4,5)6)21-23-11-15-31-16-12-23/h23-24,31H,10-22H2,1-9H3. The van der Waals surface area contributed by atoms with Crippen molar-refractivity contribution in [3.63, 3.8) is 0 Å². The van der Waals surface area contributed by atoms with Crippen LogP contribution in [-0.4, -0.2) is 102 Å². The molecule has 2 heterocycles. The summed E-state index contributed by atoms with van der Waals surface area (Å²) in [5.74, 6) is 0.689. The molecule has 40 heavy (non-hydrogen) atoms. The molecule has 1 N–H and O–H groups in total. The van der Waals surface area contributed by atoms with E-state index in [-0.39, 0.29) is 24.2 Å². The number of amides is 3. The van der Waals surface area contributed by atoms with Gasteiger partial charge in [0, 0.05) is 39.3 Å². The molecule has 2 rings (SSSR count). The van der Waals surface area contributed by atoms with Crippen LogP contribution in [0.2, 0.25) is 0 Å². The number of piperidine rings is 2. The molecule has 0 aliphatic carbocycles. The van der Waals surface area contributed by atoms with Crippen LogP contribution < -0.4 is 5.32 Å². The van der Waals surface area contributed by atoms with E-state index in [0.717, 1.165) is 38.8 Å². The van der Waals surface area contributed by atoms with Crippen LogP contribution in [0.15, 0.2) is 0 Å². The van der Waals surface area contributed by atoms with E-state index in [0.29, 0.717) is 51.6 Å². The van der Waals surface area contributed by atoms with Gasteiger partial charge in [0.1, 0.15) is 16.8 Å². The molecule has 2 fully saturated rings. The normalized spacial score (nSPS) is 17.8. The second kappa shape index (κ2) is 14.6. The highest BCUT2D eigenvalue weighted by atomic mass is 16.6. The molecular formula is C30H56N4O6. The molecule has 0 aromatic rings. The summed E-state index contributed by atoms with van der Waals surface area (Å²) in [5.41, 5.74) is -1.70. The molecular weight excluding hydrogens is 512 g/mol. The Bertz CT molecular complexity index is 816. The SMILES string of the molecule is CC(C)(C)OC(=O)N1CCC(CN(CCCN(CC2CCNCC2)C(=O)OC(C)(C)C)C(=O)OC(C)(C)C)CC1. The summed E-state index contributed by atoms with van der Waals surface area (Å²) < 4.78 is 17.0. The Labute approximate surface area is 242 Å². The van der Waals surface area contributed by atoms with Crippen LogP contribution in [-0.2, 0) is 14.2 Å². The van der Waals surface area contributed by atoms with Crippen molar-refractivity contribution < 1.29 is 28.6 Å². The number of carbonyl (C=O) groups is 3. The first-order valence-electron chi connectivity index (χ1n) is 15.1. The fourth-order valence-electron chi connectivity index (χ4n) is 4.93. The summed E-state index contributed by atoms with van der Waals surface area (Å²) in [4.78, 5) is 44.1. The lowest BCUT2D eigenvalue weighted by Gasteiger charge is -2.36. The number of hydrogen-bond donors (Lipinski definition) is 1. The van der Waals surface area contributed by atoms with E-state index >= 15 is 0 Å². The van der Waals surface area contributed by atoms with Gasteiger partial charge in [0.05, 0.1) is 0 Å². The Morgan fingerprint density at radius 3 is 1.48 bits per heavy atom. The lowest BCUT2D eigenvalue weighted by molar-refractivity contribution is 0.00808. The van der Waals surface area contributed by atoms with Gasteiger partial charge in [-0.3, -0.25) is 0 Å². The number of hydrogen-bond acceptors (Lipinski definition) is 7. The van der Waals surface area contributed by atoms with Crippen molar-refractivity contribution in [1.82, 2.24) is 20.0 Å². The van der Waals surface area contributed by atoms with E-state index in [4.69, 9.17) is 14.2 Å². The molecule has 2 saturated heterocycles. The van der Waals surface area contributed by atoms with Crippen LogP contribution in [0.1, 0.15) is 94.4 Å². The van der Waals surface area contributed by atoms with E-state index in [1.165, 1.54) is 0 Å². The summed E-state index contributed by atoms with van der Waals surface area (Å²) in [6.07, 6.45) is 3.34. The molecule has 0 aromatic heterocycles. The minimum absolute atomic E-state index is 0.253. The minimum atomic E-state index is -0.604. The smallest absolute Gasteiger partial charge is 0.410 e. The van der Waals surface area contributed by atoms with E-state index in [9.17, 15) is 14.4 Å². The number of likely N-dealkylation sites (tertiary alicyclic amines) is 1. The lowest BCUT2D eigenvalue weighted by Crippen LogP contribution is -2.46. The van der Waals surface area contributed by atoms with Crippen LogP contribution >= 0.6 is 0 Å². The third kappa shape index (κ3) is 13.4. The van der Waals surface area contributed by atoms with Gasteiger partial charge >= 0.3 is 18.3 Å². The predicted molar refractivity (Wildman–Crippen MR) is 156 cm³/mol. The van der Waals surface area contributed by atoms with Crippen LogP contribution in [0, 0.1) is 11.8 Å². The Kier molecular flexibility index (Phi) is 12.4. The minimum Gasteiger partial charge on any atom is -0.444 e. The van der Waals surface area contributed by atoms with Crippen molar-refractivity contribution in [3.8, 4) is 0 Å². The number of nitrogens with zero attached hydrogens (tertiary/aromatic N) is 3. The average Bonchev–Trinajstić information content (AvgIpc) is 2.80. The van der Waals surface area contributed by atoms with E-state index in [1.54, 1.807) is 9.80 Å². The van der Waals surface area contributed by atoms with Crippen molar-refractivity contribution in [3.05, 3.63) is 0 Å². The van der Waals surface area contributed by atoms with Crippen LogP contribution in [0.4, 0.5) is 14.4 Å². The summed E-state index contributed by atoms with van der Waals surface area (Å²) in [7, 11) is 0. The zero-order valence-electron chi connectivity index (χ0n) is 26.6. The van der Waals surface area contributed by atoms with Gasteiger partial charge in [-0.1, -0.05) is 0 Å². The second-order valence-corrected chi connectivity index (χ2v) is 14.3. The predicted octanol–water partition coefficient (Wildman–Crippen LogP) is 5.50. The third-order valence-corrected chi connectivity index (χ3v) is 6.84. The molecule has 0 radical (unpaired) electrons. The topological polar surface area (TPSA) is 101 Å². The van der Waals surface area contributed by atoms with Crippen molar-refractivity contribution in [2.45, 2.75) is 111 Å². The molecule has 0 spiro atoms.